The second kappa shape index (κ2) is 15.6. The van der Waals surface area contributed by atoms with E-state index >= 15 is 0 Å². The van der Waals surface area contributed by atoms with E-state index in [2.05, 4.69) is 5.32 Å². The van der Waals surface area contributed by atoms with Crippen molar-refractivity contribution in [2.45, 2.75) is 52.2 Å². The van der Waals surface area contributed by atoms with Gasteiger partial charge in [0.15, 0.2) is 12.0 Å². The number of hydrogen-bond donors (Lipinski definition) is 3. The van der Waals surface area contributed by atoms with Crippen molar-refractivity contribution in [2.75, 3.05) is 34.9 Å². The Morgan fingerprint density at radius 3 is 2.27 bits per heavy atom. The highest BCUT2D eigenvalue weighted by atomic mass is 16.6. The fourth-order valence-corrected chi connectivity index (χ4v) is 2.30. The molecule has 0 radical (unpaired) electrons. The van der Waals surface area contributed by atoms with Crippen LogP contribution >= 0.6 is 0 Å². The number of nitrogens with zero attached hydrogens (tertiary/aromatic N) is 1. The largest absolute Gasteiger partial charge is 0.490 e. The molecule has 9 heteroatoms. The highest BCUT2D eigenvalue weighted by Gasteiger charge is 2.45. The molecule has 0 aliphatic carbocycles. The Bertz CT molecular complexity index is 419. The average Bonchev–Trinajstić information content (AvgIpc) is 2.98. The van der Waals surface area contributed by atoms with Gasteiger partial charge in [-0.3, -0.25) is 14.9 Å². The van der Waals surface area contributed by atoms with Gasteiger partial charge >= 0.3 is 0 Å². The van der Waals surface area contributed by atoms with Gasteiger partial charge < -0.3 is 29.5 Å². The SMILES string of the molecule is CC.CC.CNCC1OC(N(C)/C=C(/OC)C(=O)NC=O)C(O)C1OC. The zero-order valence-electron chi connectivity index (χ0n) is 17.1. The Kier molecular flexibility index (Phi) is 15.9. The molecule has 4 atom stereocenters. The summed E-state index contributed by atoms with van der Waals surface area (Å²) in [5.74, 6) is -0.775. The van der Waals surface area contributed by atoms with Gasteiger partial charge in [0.05, 0.1) is 7.11 Å². The van der Waals surface area contributed by atoms with Gasteiger partial charge in [-0.15, -0.1) is 0 Å². The Morgan fingerprint density at radius 1 is 1.27 bits per heavy atom. The van der Waals surface area contributed by atoms with E-state index in [1.54, 1.807) is 14.1 Å². The normalized spacial score (nSPS) is 24.4. The second-order valence-electron chi connectivity index (χ2n) is 4.77. The molecule has 0 spiro atoms. The zero-order chi connectivity index (χ0) is 20.7. The number of methoxy groups -OCH3 is 2. The molecule has 1 fully saturated rings. The summed E-state index contributed by atoms with van der Waals surface area (Å²) in [5.41, 5.74) is 0. The minimum atomic E-state index is -0.906. The van der Waals surface area contributed by atoms with Crippen LogP contribution in [0, 0.1) is 0 Å². The van der Waals surface area contributed by atoms with Crippen molar-refractivity contribution in [3.05, 3.63) is 12.0 Å². The fraction of sp³-hybridized carbons (Fsp3) is 0.765. The van der Waals surface area contributed by atoms with E-state index in [0.29, 0.717) is 6.54 Å². The zero-order valence-corrected chi connectivity index (χ0v) is 17.1. The van der Waals surface area contributed by atoms with Gasteiger partial charge in [-0.2, -0.15) is 0 Å². The quantitative estimate of drug-likeness (QED) is 0.309. The summed E-state index contributed by atoms with van der Waals surface area (Å²) in [4.78, 5) is 23.4. The van der Waals surface area contributed by atoms with Gasteiger partial charge in [-0.05, 0) is 7.05 Å². The van der Waals surface area contributed by atoms with Crippen molar-refractivity contribution in [1.82, 2.24) is 15.5 Å². The van der Waals surface area contributed by atoms with E-state index in [1.807, 2.05) is 33.0 Å². The molecule has 1 aliphatic heterocycles. The minimum absolute atomic E-state index is 0.0866. The van der Waals surface area contributed by atoms with Gasteiger partial charge in [0, 0.05) is 26.9 Å². The molecule has 0 aromatic rings. The van der Waals surface area contributed by atoms with Crippen LogP contribution in [0.1, 0.15) is 27.7 Å². The maximum atomic E-state index is 11.6. The van der Waals surface area contributed by atoms with Crippen LogP contribution in [-0.4, -0.2) is 81.7 Å². The second-order valence-corrected chi connectivity index (χ2v) is 4.77. The highest BCUT2D eigenvalue weighted by molar-refractivity contribution is 5.97. The monoisotopic (exact) mass is 377 g/mol. The summed E-state index contributed by atoms with van der Waals surface area (Å²) in [6, 6.07) is 0. The van der Waals surface area contributed by atoms with E-state index in [-0.39, 0.29) is 18.3 Å². The molecule has 1 aliphatic rings. The molecule has 1 heterocycles. The summed E-state index contributed by atoms with van der Waals surface area (Å²) in [6.07, 6.45) is -0.834. The molecule has 26 heavy (non-hydrogen) atoms. The molecule has 0 aromatic carbocycles. The number of ether oxygens (including phenoxy) is 3. The van der Waals surface area contributed by atoms with E-state index in [4.69, 9.17) is 14.2 Å². The van der Waals surface area contributed by atoms with Gasteiger partial charge in [0.2, 0.25) is 6.41 Å². The molecule has 3 N–H and O–H groups in total. The molecular formula is C17H35N3O6. The van der Waals surface area contributed by atoms with E-state index in [0.717, 1.165) is 0 Å². The number of carbonyl (C=O) groups excluding carboxylic acids is 2. The third kappa shape index (κ3) is 7.69. The Labute approximate surface area is 156 Å². The number of aliphatic hydroxyl groups is 1. The van der Waals surface area contributed by atoms with Crippen molar-refractivity contribution in [2.24, 2.45) is 0 Å². The summed E-state index contributed by atoms with van der Waals surface area (Å²) < 4.78 is 15.9. The predicted octanol–water partition coefficient (Wildman–Crippen LogP) is 0.0512. The van der Waals surface area contributed by atoms with Gasteiger partial charge in [-0.1, -0.05) is 27.7 Å². The molecule has 0 aromatic heterocycles. The summed E-state index contributed by atoms with van der Waals surface area (Å²) in [7, 11) is 6.19. The number of aliphatic hydroxyl groups excluding tert-OH is 1. The van der Waals surface area contributed by atoms with Crippen LogP contribution in [0.2, 0.25) is 0 Å². The Hall–Kier alpha value is -1.68. The lowest BCUT2D eigenvalue weighted by Gasteiger charge is -2.25. The summed E-state index contributed by atoms with van der Waals surface area (Å²) >= 11 is 0. The molecule has 4 unspecified atom stereocenters. The number of hydrogen-bond acceptors (Lipinski definition) is 8. The van der Waals surface area contributed by atoms with Crippen molar-refractivity contribution in [3.8, 4) is 0 Å². The fourth-order valence-electron chi connectivity index (χ4n) is 2.30. The topological polar surface area (TPSA) is 109 Å². The van der Waals surface area contributed by atoms with Gasteiger partial charge in [0.25, 0.3) is 5.91 Å². The van der Waals surface area contributed by atoms with E-state index in [9.17, 15) is 14.7 Å². The van der Waals surface area contributed by atoms with Crippen LogP contribution in [0.5, 0.6) is 0 Å². The lowest BCUT2D eigenvalue weighted by molar-refractivity contribution is -0.125. The Morgan fingerprint density at radius 2 is 1.85 bits per heavy atom. The third-order valence-corrected chi connectivity index (χ3v) is 3.34. The molecule has 0 saturated carbocycles. The van der Waals surface area contributed by atoms with Crippen molar-refractivity contribution in [1.29, 1.82) is 0 Å². The number of imide groups is 1. The van der Waals surface area contributed by atoms with Crippen LogP contribution in [0.3, 0.4) is 0 Å². The molecule has 1 saturated heterocycles. The van der Waals surface area contributed by atoms with Gasteiger partial charge in [0.1, 0.15) is 18.3 Å². The minimum Gasteiger partial charge on any atom is -0.490 e. The molecule has 0 bridgehead atoms. The molecule has 2 amide bonds. The summed E-state index contributed by atoms with van der Waals surface area (Å²) in [5, 5.41) is 15.2. The number of likely N-dealkylation sites (N-methyl/N-ethyl adjacent to an activating group) is 2. The molecule has 154 valence electrons. The van der Waals surface area contributed by atoms with E-state index in [1.165, 1.54) is 25.3 Å². The van der Waals surface area contributed by atoms with Gasteiger partial charge in [-0.25, -0.2) is 0 Å². The third-order valence-electron chi connectivity index (χ3n) is 3.34. The Balaban J connectivity index is 0. The number of carbonyl (C=O) groups is 2. The maximum absolute atomic E-state index is 11.6. The molecule has 1 rings (SSSR count). The lowest BCUT2D eigenvalue weighted by Crippen LogP contribution is -2.41. The van der Waals surface area contributed by atoms with Crippen molar-refractivity contribution in [3.63, 3.8) is 0 Å². The van der Waals surface area contributed by atoms with Crippen molar-refractivity contribution >= 4 is 12.3 Å². The first-order valence-electron chi connectivity index (χ1n) is 8.73. The first-order valence-corrected chi connectivity index (χ1v) is 8.73. The number of amides is 2. The van der Waals surface area contributed by atoms with E-state index < -0.39 is 24.3 Å². The summed E-state index contributed by atoms with van der Waals surface area (Å²) in [6.45, 7) is 8.51. The number of nitrogens with one attached hydrogen (secondary N) is 2. The van der Waals surface area contributed by atoms with Crippen LogP contribution in [-0.2, 0) is 23.8 Å². The smallest absolute Gasteiger partial charge is 0.294 e. The van der Waals surface area contributed by atoms with Crippen molar-refractivity contribution < 1.29 is 28.9 Å². The molecule has 9 nitrogen and oxygen atoms in total. The first kappa shape index (κ1) is 26.5. The van der Waals surface area contributed by atoms with Crippen LogP contribution < -0.4 is 10.6 Å². The van der Waals surface area contributed by atoms with Crippen LogP contribution in [0.25, 0.3) is 0 Å². The van der Waals surface area contributed by atoms with Crippen LogP contribution in [0.4, 0.5) is 0 Å². The average molecular weight is 377 g/mol. The first-order chi connectivity index (χ1) is 12.5. The van der Waals surface area contributed by atoms with Crippen LogP contribution in [0.15, 0.2) is 12.0 Å². The molecular weight excluding hydrogens is 342 g/mol. The highest BCUT2D eigenvalue weighted by Crippen LogP contribution is 2.25. The lowest BCUT2D eigenvalue weighted by atomic mass is 10.1. The maximum Gasteiger partial charge on any atom is 0.294 e. The predicted molar refractivity (Wildman–Crippen MR) is 99.1 cm³/mol. The standard InChI is InChI=1S/C13H23N3O6.2C2H6/c1-14-5-8-11(21-4)10(18)13(22-8)16(2)6-9(20-3)12(19)15-7-17;2*1-2/h6-8,10-11,13-14,18H,5H2,1-4H3,(H,15,17,19);2*1-2H3/b9-6+;;. The number of rotatable bonds is 8.